The van der Waals surface area contributed by atoms with E-state index >= 15 is 0 Å². The van der Waals surface area contributed by atoms with Gasteiger partial charge in [0.1, 0.15) is 12.7 Å². The lowest BCUT2D eigenvalue weighted by atomic mass is 10.1. The Morgan fingerprint density at radius 1 is 0.566 bits per heavy atom. The molecule has 10 nitrogen and oxygen atoms in total. The predicted octanol–water partition coefficient (Wildman–Crippen LogP) is 10.4. The second-order valence-corrected chi connectivity index (χ2v) is 15.7. The van der Waals surface area contributed by atoms with Crippen LogP contribution >= 0.6 is 7.82 Å². The van der Waals surface area contributed by atoms with Crippen molar-refractivity contribution in [3.63, 3.8) is 0 Å². The van der Waals surface area contributed by atoms with E-state index in [1.807, 2.05) is 0 Å². The summed E-state index contributed by atoms with van der Waals surface area (Å²) in [6.45, 7) is 2.17. The van der Waals surface area contributed by atoms with Crippen molar-refractivity contribution < 1.29 is 47.8 Å². The highest BCUT2D eigenvalue weighted by Gasteiger charge is 2.21. The average Bonchev–Trinajstić information content (AvgIpc) is 3.14. The zero-order valence-electron chi connectivity index (χ0n) is 33.7. The quantitative estimate of drug-likeness (QED) is 0.0266. The average molecular weight is 774 g/mol. The summed E-state index contributed by atoms with van der Waals surface area (Å²) < 4.78 is 32.3. The lowest BCUT2D eigenvalue weighted by Gasteiger charge is -2.26. The normalized spacial score (nSPS) is 14.1. The second kappa shape index (κ2) is 38.7. The summed E-state index contributed by atoms with van der Waals surface area (Å²) in [5.41, 5.74) is 0. The smallest absolute Gasteiger partial charge is 0.306 e. The van der Waals surface area contributed by atoms with Gasteiger partial charge < -0.3 is 33.6 Å². The van der Waals surface area contributed by atoms with Crippen molar-refractivity contribution in [2.75, 3.05) is 26.4 Å². The fraction of sp³-hybridized carbons (Fsp3) is 0.857. The van der Waals surface area contributed by atoms with Crippen LogP contribution in [0.15, 0.2) is 24.3 Å². The molecule has 0 bridgehead atoms. The SMILES string of the molecule is CCCCCCCC/C=C\CCCCCCCC(=O)OCC(COP(=O)([O-])OCC(O)CO)OC(=O)CCCCCCC/C=C\CCCCCCCC. The molecule has 0 aromatic rings. The molecular weight excluding hydrogens is 695 g/mol. The number of aliphatic hydroxyl groups excluding tert-OH is 2. The highest BCUT2D eigenvalue weighted by Crippen LogP contribution is 2.38. The number of carbonyl (C=O) groups is 2. The van der Waals surface area contributed by atoms with Crippen LogP contribution in [-0.2, 0) is 32.7 Å². The van der Waals surface area contributed by atoms with Crippen LogP contribution in [0.1, 0.15) is 194 Å². The van der Waals surface area contributed by atoms with E-state index in [4.69, 9.17) is 19.1 Å². The van der Waals surface area contributed by atoms with Crippen LogP contribution in [0.2, 0.25) is 0 Å². The maximum atomic E-state index is 12.6. The van der Waals surface area contributed by atoms with Crippen LogP contribution in [0.5, 0.6) is 0 Å². The van der Waals surface area contributed by atoms with Crippen molar-refractivity contribution in [3.05, 3.63) is 24.3 Å². The van der Waals surface area contributed by atoms with Crippen molar-refractivity contribution in [1.82, 2.24) is 0 Å². The number of unbranched alkanes of at least 4 members (excludes halogenated alkanes) is 22. The van der Waals surface area contributed by atoms with Gasteiger partial charge in [0.15, 0.2) is 6.10 Å². The Labute approximate surface area is 323 Å². The summed E-state index contributed by atoms with van der Waals surface area (Å²) in [7, 11) is -4.87. The maximum Gasteiger partial charge on any atom is 0.306 e. The predicted molar refractivity (Wildman–Crippen MR) is 212 cm³/mol. The van der Waals surface area contributed by atoms with E-state index in [1.165, 1.54) is 77.0 Å². The van der Waals surface area contributed by atoms with Gasteiger partial charge in [-0.3, -0.25) is 14.2 Å². The van der Waals surface area contributed by atoms with E-state index < -0.39 is 51.8 Å². The van der Waals surface area contributed by atoms with E-state index in [1.54, 1.807) is 0 Å². The molecule has 312 valence electrons. The number of carbonyl (C=O) groups excluding carboxylic acids is 2. The molecule has 2 N–H and O–H groups in total. The molecule has 53 heavy (non-hydrogen) atoms. The van der Waals surface area contributed by atoms with Gasteiger partial charge in [-0.15, -0.1) is 0 Å². The molecule has 0 aliphatic carbocycles. The summed E-state index contributed by atoms with van der Waals surface area (Å²) in [5, 5.41) is 18.3. The van der Waals surface area contributed by atoms with E-state index in [-0.39, 0.29) is 19.4 Å². The number of allylic oxidation sites excluding steroid dienone is 4. The number of phosphoric ester groups is 1. The number of aliphatic hydroxyl groups is 2. The Bertz CT molecular complexity index is 941. The van der Waals surface area contributed by atoms with Gasteiger partial charge in [0.25, 0.3) is 7.82 Å². The molecule has 0 aromatic carbocycles. The first-order valence-electron chi connectivity index (χ1n) is 21.3. The second-order valence-electron chi connectivity index (χ2n) is 14.3. The summed E-state index contributed by atoms with van der Waals surface area (Å²) >= 11 is 0. The highest BCUT2D eigenvalue weighted by molar-refractivity contribution is 7.45. The third kappa shape index (κ3) is 38.5. The van der Waals surface area contributed by atoms with Crippen LogP contribution in [-0.4, -0.2) is 60.8 Å². The molecule has 0 heterocycles. The lowest BCUT2D eigenvalue weighted by molar-refractivity contribution is -0.230. The molecule has 0 saturated heterocycles. The van der Waals surface area contributed by atoms with E-state index in [9.17, 15) is 24.2 Å². The zero-order chi connectivity index (χ0) is 39.1. The Morgan fingerprint density at radius 3 is 1.38 bits per heavy atom. The number of rotatable bonds is 40. The largest absolute Gasteiger partial charge is 0.756 e. The van der Waals surface area contributed by atoms with Gasteiger partial charge in [0.05, 0.1) is 19.8 Å². The molecule has 0 fully saturated rings. The molecule has 0 radical (unpaired) electrons. The van der Waals surface area contributed by atoms with E-state index in [2.05, 4.69) is 42.7 Å². The topological polar surface area (TPSA) is 152 Å². The van der Waals surface area contributed by atoms with E-state index in [0.29, 0.717) is 12.8 Å². The first-order chi connectivity index (χ1) is 25.7. The Hall–Kier alpha value is -1.55. The first-order valence-corrected chi connectivity index (χ1v) is 22.7. The molecule has 0 aliphatic rings. The Balaban J connectivity index is 4.33. The molecule has 3 atom stereocenters. The number of ether oxygens (including phenoxy) is 2. The molecule has 3 unspecified atom stereocenters. The van der Waals surface area contributed by atoms with Crippen LogP contribution in [0.4, 0.5) is 0 Å². The number of esters is 2. The maximum absolute atomic E-state index is 12.6. The molecular formula is C42H78O10P-. The number of hydrogen-bond donors (Lipinski definition) is 2. The lowest BCUT2D eigenvalue weighted by Crippen LogP contribution is -2.30. The van der Waals surface area contributed by atoms with Crippen molar-refractivity contribution in [2.24, 2.45) is 0 Å². The van der Waals surface area contributed by atoms with Gasteiger partial charge in [-0.05, 0) is 64.2 Å². The molecule has 0 aromatic heterocycles. The van der Waals surface area contributed by atoms with Crippen LogP contribution in [0.3, 0.4) is 0 Å². The third-order valence-corrected chi connectivity index (χ3v) is 10.00. The van der Waals surface area contributed by atoms with Crippen LogP contribution in [0, 0.1) is 0 Å². The highest BCUT2D eigenvalue weighted by atomic mass is 31.2. The summed E-state index contributed by atoms with van der Waals surface area (Å²) in [5.74, 6) is -0.976. The molecule has 0 rings (SSSR count). The summed E-state index contributed by atoms with van der Waals surface area (Å²) in [4.78, 5) is 37.1. The zero-order valence-corrected chi connectivity index (χ0v) is 34.6. The van der Waals surface area contributed by atoms with Gasteiger partial charge >= 0.3 is 11.9 Å². The Kier molecular flexibility index (Phi) is 37.6. The molecule has 0 amide bonds. The van der Waals surface area contributed by atoms with Gasteiger partial charge in [0.2, 0.25) is 0 Å². The minimum atomic E-state index is -4.87. The van der Waals surface area contributed by atoms with Crippen LogP contribution in [0.25, 0.3) is 0 Å². The molecule has 11 heteroatoms. The monoisotopic (exact) mass is 774 g/mol. The van der Waals surface area contributed by atoms with Gasteiger partial charge in [-0.1, -0.05) is 141 Å². The Morgan fingerprint density at radius 2 is 0.943 bits per heavy atom. The van der Waals surface area contributed by atoms with Gasteiger partial charge in [0, 0.05) is 12.8 Å². The van der Waals surface area contributed by atoms with Crippen molar-refractivity contribution in [1.29, 1.82) is 0 Å². The third-order valence-electron chi connectivity index (χ3n) is 9.07. The van der Waals surface area contributed by atoms with Crippen LogP contribution < -0.4 is 4.89 Å². The standard InChI is InChI=1S/C42H79O10P/c1-3-5-7-9-11-13-15-17-19-21-23-25-27-29-31-33-41(45)49-37-40(38-51-53(47,48)50-36-39(44)35-43)52-42(46)34-32-30-28-26-24-22-20-18-16-14-12-10-8-6-4-2/h17-20,39-40,43-44H,3-16,21-38H2,1-2H3,(H,47,48)/p-1/b19-17-,20-18-. The number of phosphoric acid groups is 1. The van der Waals surface area contributed by atoms with Crippen molar-refractivity contribution in [2.45, 2.75) is 206 Å². The minimum absolute atomic E-state index is 0.158. The first kappa shape index (κ1) is 51.5. The number of hydrogen-bond acceptors (Lipinski definition) is 10. The fourth-order valence-corrected chi connectivity index (χ4v) is 6.52. The molecule has 0 saturated carbocycles. The van der Waals surface area contributed by atoms with Crippen molar-refractivity contribution >= 4 is 19.8 Å². The van der Waals surface area contributed by atoms with Gasteiger partial charge in [-0.2, -0.15) is 0 Å². The van der Waals surface area contributed by atoms with Crippen molar-refractivity contribution in [3.8, 4) is 0 Å². The van der Waals surface area contributed by atoms with E-state index in [0.717, 1.165) is 77.0 Å². The molecule has 0 spiro atoms. The minimum Gasteiger partial charge on any atom is -0.756 e. The molecule has 0 aliphatic heterocycles. The summed E-state index contributed by atoms with van der Waals surface area (Å²) in [6.07, 6.45) is 36.9. The summed E-state index contributed by atoms with van der Waals surface area (Å²) in [6, 6.07) is 0. The fourth-order valence-electron chi connectivity index (χ4n) is 5.74. The van der Waals surface area contributed by atoms with Gasteiger partial charge in [-0.25, -0.2) is 0 Å².